The first-order valence-corrected chi connectivity index (χ1v) is 6.63. The van der Waals surface area contributed by atoms with Crippen LogP contribution >= 0.6 is 0 Å². The molecule has 0 amide bonds. The molecule has 3 atom stereocenters. The van der Waals surface area contributed by atoms with Crippen molar-refractivity contribution in [2.24, 2.45) is 0 Å². The van der Waals surface area contributed by atoms with Crippen LogP contribution in [0, 0.1) is 6.92 Å². The highest BCUT2D eigenvalue weighted by Gasteiger charge is 2.52. The molecular formula is C11H15NO3S. The highest BCUT2D eigenvalue weighted by molar-refractivity contribution is 7.89. The Balaban J connectivity index is 2.31. The molecule has 0 saturated carbocycles. The van der Waals surface area contributed by atoms with Gasteiger partial charge in [0.05, 0.1) is 17.5 Å². The van der Waals surface area contributed by atoms with Crippen LogP contribution in [-0.4, -0.2) is 36.5 Å². The summed E-state index contributed by atoms with van der Waals surface area (Å²) in [5, 5.41) is 9.00. The maximum atomic E-state index is 12.1. The molecule has 1 aromatic rings. The number of hydrogen-bond acceptors (Lipinski definition) is 3. The van der Waals surface area contributed by atoms with Gasteiger partial charge in [0.15, 0.2) is 0 Å². The van der Waals surface area contributed by atoms with Gasteiger partial charge in [-0.15, -0.1) is 0 Å². The molecule has 16 heavy (non-hydrogen) atoms. The zero-order valence-electron chi connectivity index (χ0n) is 9.29. The number of nitrogens with zero attached hydrogens (tertiary/aromatic N) is 1. The van der Waals surface area contributed by atoms with Gasteiger partial charge in [-0.25, -0.2) is 8.42 Å². The van der Waals surface area contributed by atoms with E-state index in [-0.39, 0.29) is 18.7 Å². The predicted octanol–water partition coefficient (Wildman–Crippen LogP) is 0.749. The van der Waals surface area contributed by atoms with Gasteiger partial charge in [0, 0.05) is 6.04 Å². The maximum Gasteiger partial charge on any atom is 0.243 e. The Bertz CT molecular complexity index is 480. The monoisotopic (exact) mass is 241 g/mol. The first-order chi connectivity index (χ1) is 7.48. The molecule has 2 rings (SSSR count). The standard InChI is InChI=1S/C11H15NO3S/c1-8-3-5-10(6-4-8)16(14,15)12-9(2)11(12)7-13/h3-6,9,11,13H,7H2,1-2H3. The summed E-state index contributed by atoms with van der Waals surface area (Å²) in [4.78, 5) is 0.292. The summed E-state index contributed by atoms with van der Waals surface area (Å²) in [6.45, 7) is 3.59. The van der Waals surface area contributed by atoms with E-state index in [4.69, 9.17) is 5.11 Å². The first-order valence-electron chi connectivity index (χ1n) is 5.19. The van der Waals surface area contributed by atoms with Gasteiger partial charge in [-0.3, -0.25) is 0 Å². The van der Waals surface area contributed by atoms with Crippen molar-refractivity contribution in [1.29, 1.82) is 0 Å². The van der Waals surface area contributed by atoms with E-state index in [9.17, 15) is 8.42 Å². The summed E-state index contributed by atoms with van der Waals surface area (Å²) >= 11 is 0. The van der Waals surface area contributed by atoms with E-state index in [1.54, 1.807) is 31.2 Å². The number of aliphatic hydroxyl groups excluding tert-OH is 1. The number of benzene rings is 1. The van der Waals surface area contributed by atoms with Crippen molar-refractivity contribution < 1.29 is 13.5 Å². The van der Waals surface area contributed by atoms with Gasteiger partial charge in [-0.1, -0.05) is 17.7 Å². The van der Waals surface area contributed by atoms with Crippen molar-refractivity contribution >= 4 is 10.0 Å². The van der Waals surface area contributed by atoms with Crippen molar-refractivity contribution in [2.45, 2.75) is 30.8 Å². The minimum atomic E-state index is -3.42. The molecule has 0 spiro atoms. The van der Waals surface area contributed by atoms with Crippen LogP contribution < -0.4 is 0 Å². The number of aliphatic hydroxyl groups is 1. The van der Waals surface area contributed by atoms with Crippen LogP contribution in [0.2, 0.25) is 0 Å². The van der Waals surface area contributed by atoms with Gasteiger partial charge in [-0.05, 0) is 26.0 Å². The molecule has 0 aromatic heterocycles. The van der Waals surface area contributed by atoms with Crippen molar-refractivity contribution in [3.8, 4) is 0 Å². The number of sulfonamides is 1. The molecule has 1 N–H and O–H groups in total. The first kappa shape index (κ1) is 11.6. The Morgan fingerprint density at radius 1 is 1.31 bits per heavy atom. The van der Waals surface area contributed by atoms with Crippen LogP contribution in [0.15, 0.2) is 29.2 Å². The second kappa shape index (κ2) is 3.84. The van der Waals surface area contributed by atoms with E-state index >= 15 is 0 Å². The number of rotatable bonds is 3. The van der Waals surface area contributed by atoms with Gasteiger partial charge >= 0.3 is 0 Å². The Kier molecular flexibility index (Phi) is 2.77. The molecule has 1 heterocycles. The summed E-state index contributed by atoms with van der Waals surface area (Å²) in [6.07, 6.45) is 0. The van der Waals surface area contributed by atoms with E-state index in [1.165, 1.54) is 4.31 Å². The minimum absolute atomic E-state index is 0.101. The maximum absolute atomic E-state index is 12.1. The molecule has 1 aliphatic heterocycles. The average molecular weight is 241 g/mol. The Morgan fingerprint density at radius 2 is 1.88 bits per heavy atom. The van der Waals surface area contributed by atoms with Gasteiger partial charge in [0.2, 0.25) is 10.0 Å². The molecular weight excluding hydrogens is 226 g/mol. The van der Waals surface area contributed by atoms with Crippen LogP contribution in [0.1, 0.15) is 12.5 Å². The summed E-state index contributed by atoms with van der Waals surface area (Å²) in [7, 11) is -3.42. The van der Waals surface area contributed by atoms with Crippen LogP contribution in [0.25, 0.3) is 0 Å². The quantitative estimate of drug-likeness (QED) is 0.794. The van der Waals surface area contributed by atoms with E-state index in [0.29, 0.717) is 4.90 Å². The van der Waals surface area contributed by atoms with Crippen molar-refractivity contribution in [1.82, 2.24) is 4.31 Å². The van der Waals surface area contributed by atoms with Crippen molar-refractivity contribution in [2.75, 3.05) is 6.61 Å². The van der Waals surface area contributed by atoms with Gasteiger partial charge in [0.25, 0.3) is 0 Å². The molecule has 88 valence electrons. The molecule has 0 aliphatic carbocycles. The molecule has 1 aromatic carbocycles. The fourth-order valence-electron chi connectivity index (χ4n) is 1.85. The van der Waals surface area contributed by atoms with E-state index < -0.39 is 10.0 Å². The van der Waals surface area contributed by atoms with Crippen LogP contribution in [-0.2, 0) is 10.0 Å². The zero-order chi connectivity index (χ0) is 11.9. The largest absolute Gasteiger partial charge is 0.395 e. The highest BCUT2D eigenvalue weighted by Crippen LogP contribution is 2.34. The second-order valence-electron chi connectivity index (χ2n) is 4.14. The lowest BCUT2D eigenvalue weighted by Gasteiger charge is -2.06. The topological polar surface area (TPSA) is 57.4 Å². The molecule has 5 heteroatoms. The van der Waals surface area contributed by atoms with Crippen LogP contribution in [0.3, 0.4) is 0 Å². The third-order valence-electron chi connectivity index (χ3n) is 2.98. The molecule has 0 radical (unpaired) electrons. The van der Waals surface area contributed by atoms with Gasteiger partial charge in [-0.2, -0.15) is 4.31 Å². The summed E-state index contributed by atoms with van der Waals surface area (Å²) in [5.74, 6) is 0. The summed E-state index contributed by atoms with van der Waals surface area (Å²) in [5.41, 5.74) is 1.02. The number of hydrogen-bond donors (Lipinski definition) is 1. The molecule has 1 saturated heterocycles. The minimum Gasteiger partial charge on any atom is -0.395 e. The smallest absolute Gasteiger partial charge is 0.243 e. The SMILES string of the molecule is Cc1ccc(S(=O)(=O)N2C(C)C2CO)cc1. The Labute approximate surface area is 95.6 Å². The third kappa shape index (κ3) is 1.75. The molecule has 0 bridgehead atoms. The molecule has 4 nitrogen and oxygen atoms in total. The Morgan fingerprint density at radius 3 is 2.31 bits per heavy atom. The molecule has 3 unspecified atom stereocenters. The second-order valence-corrected chi connectivity index (χ2v) is 5.98. The fourth-order valence-corrected chi connectivity index (χ4v) is 3.69. The average Bonchev–Trinajstić information content (AvgIpc) is 2.90. The molecule has 1 fully saturated rings. The normalized spacial score (nSPS) is 29.1. The Hall–Kier alpha value is -0.910. The third-order valence-corrected chi connectivity index (χ3v) is 5.01. The van der Waals surface area contributed by atoms with Crippen molar-refractivity contribution in [3.05, 3.63) is 29.8 Å². The van der Waals surface area contributed by atoms with Crippen LogP contribution in [0.5, 0.6) is 0 Å². The van der Waals surface area contributed by atoms with E-state index in [1.807, 2.05) is 6.92 Å². The van der Waals surface area contributed by atoms with Crippen molar-refractivity contribution in [3.63, 3.8) is 0 Å². The summed E-state index contributed by atoms with van der Waals surface area (Å²) < 4.78 is 25.5. The lowest BCUT2D eigenvalue weighted by molar-refractivity contribution is 0.286. The van der Waals surface area contributed by atoms with E-state index in [2.05, 4.69) is 0 Å². The lowest BCUT2D eigenvalue weighted by Crippen LogP contribution is -2.16. The van der Waals surface area contributed by atoms with E-state index in [0.717, 1.165) is 5.56 Å². The number of aryl methyl sites for hydroxylation is 1. The lowest BCUT2D eigenvalue weighted by atomic mass is 10.2. The molecule has 1 aliphatic rings. The van der Waals surface area contributed by atoms with Gasteiger partial charge < -0.3 is 5.11 Å². The summed E-state index contributed by atoms with van der Waals surface area (Å²) in [6, 6.07) is 6.39. The van der Waals surface area contributed by atoms with Gasteiger partial charge in [0.1, 0.15) is 0 Å². The highest BCUT2D eigenvalue weighted by atomic mass is 32.2. The zero-order valence-corrected chi connectivity index (χ0v) is 10.1. The predicted molar refractivity (Wildman–Crippen MR) is 60.5 cm³/mol. The fraction of sp³-hybridized carbons (Fsp3) is 0.455. The van der Waals surface area contributed by atoms with Crippen LogP contribution in [0.4, 0.5) is 0 Å².